The van der Waals surface area contributed by atoms with Crippen molar-refractivity contribution in [1.29, 1.82) is 0 Å². The smallest absolute Gasteiger partial charge is 0.403 e. The van der Waals surface area contributed by atoms with E-state index in [2.05, 4.69) is 96.4 Å². The van der Waals surface area contributed by atoms with Gasteiger partial charge < -0.3 is 9.31 Å². The van der Waals surface area contributed by atoms with Crippen molar-refractivity contribution in [2.45, 2.75) is 72.9 Å². The molecule has 0 amide bonds. The van der Waals surface area contributed by atoms with Crippen LogP contribution in [0.15, 0.2) is 109 Å². The summed E-state index contributed by atoms with van der Waals surface area (Å²) in [4.78, 5) is 4.27. The van der Waals surface area contributed by atoms with E-state index in [0.717, 1.165) is 28.1 Å². The van der Waals surface area contributed by atoms with Crippen molar-refractivity contribution in [2.75, 3.05) is 0 Å². The zero-order chi connectivity index (χ0) is 30.3. The highest BCUT2D eigenvalue weighted by Crippen LogP contribution is 2.36. The van der Waals surface area contributed by atoms with Crippen LogP contribution >= 0.6 is 0 Å². The monoisotopic (exact) mass is 537 g/mol. The van der Waals surface area contributed by atoms with Gasteiger partial charge in [-0.05, 0) is 69.2 Å². The van der Waals surface area contributed by atoms with Gasteiger partial charge in [-0.3, -0.25) is 4.99 Å². The van der Waals surface area contributed by atoms with Crippen molar-refractivity contribution in [3.8, 4) is 0 Å². The van der Waals surface area contributed by atoms with Crippen LogP contribution in [0.4, 0.5) is 0 Å². The second-order valence-electron chi connectivity index (χ2n) is 10.0. The molecule has 0 atom stereocenters. The highest BCUT2D eigenvalue weighted by molar-refractivity contribution is 6.43. The highest BCUT2D eigenvalue weighted by Gasteiger charge is 2.48. The van der Waals surface area contributed by atoms with E-state index >= 15 is 0 Å². The van der Waals surface area contributed by atoms with E-state index in [1.54, 1.807) is 6.08 Å². The Kier molecular flexibility index (Phi) is 14.3. The highest BCUT2D eigenvalue weighted by atomic mass is 16.7. The molecule has 0 aromatic heterocycles. The van der Waals surface area contributed by atoms with E-state index in [9.17, 15) is 0 Å². The van der Waals surface area contributed by atoms with E-state index < -0.39 is 0 Å². The predicted octanol–water partition coefficient (Wildman–Crippen LogP) is 8.54. The van der Waals surface area contributed by atoms with Gasteiger partial charge in [0.05, 0.1) is 16.9 Å². The van der Waals surface area contributed by atoms with Crippen LogP contribution in [0.25, 0.3) is 23.0 Å². The van der Waals surface area contributed by atoms with Crippen LogP contribution in [0.2, 0.25) is 6.82 Å². The lowest BCUT2D eigenvalue weighted by atomic mass is 9.90. The van der Waals surface area contributed by atoms with Crippen LogP contribution < -0.4 is 10.4 Å². The molecule has 3 aromatic carbocycles. The van der Waals surface area contributed by atoms with Gasteiger partial charge in [0.2, 0.25) is 0 Å². The maximum Gasteiger partial charge on any atom is 0.454 e. The number of nitrogens with zero attached hydrogens (tertiary/aromatic N) is 1. The summed E-state index contributed by atoms with van der Waals surface area (Å²) in [6.07, 6.45) is 6.63. The molecule has 1 saturated heterocycles. The molecule has 3 nitrogen and oxygen atoms in total. The van der Waals surface area contributed by atoms with E-state index in [0.29, 0.717) is 0 Å². The summed E-state index contributed by atoms with van der Waals surface area (Å²) in [5, 5.41) is 4.37. The van der Waals surface area contributed by atoms with Crippen LogP contribution in [0.5, 0.6) is 0 Å². The minimum Gasteiger partial charge on any atom is -0.403 e. The Labute approximate surface area is 243 Å². The lowest BCUT2D eigenvalue weighted by Gasteiger charge is -2.32. The fourth-order valence-electron chi connectivity index (χ4n) is 4.12. The van der Waals surface area contributed by atoms with Gasteiger partial charge in [-0.25, -0.2) is 0 Å². The van der Waals surface area contributed by atoms with Gasteiger partial charge in [-0.15, -0.1) is 0 Å². The summed E-state index contributed by atoms with van der Waals surface area (Å²) in [5.41, 5.74) is 2.89. The van der Waals surface area contributed by atoms with Crippen molar-refractivity contribution in [3.05, 3.63) is 120 Å². The maximum absolute atomic E-state index is 5.54. The average molecular weight is 538 g/mol. The third-order valence-corrected chi connectivity index (χ3v) is 6.85. The van der Waals surface area contributed by atoms with E-state index in [1.807, 2.05) is 69.2 Å². The zero-order valence-corrected chi connectivity index (χ0v) is 26.0. The summed E-state index contributed by atoms with van der Waals surface area (Å²) in [7, 11) is -0.0648. The standard InChI is InChI=1S/C19H15N.C8H12.C7H15BO2.C2H6/c1-14-8-3-5-11-16(14)19(20-2)18-13-7-10-15-9-4-6-12-17(15)18;1-4-7-8(5-2)6-3;1-6(2)7(3,4)10-8(5)9-6;1-2/h3-13H,1-2H2;4-5,7H,1-2,6H2,3H3;1-5H3;1-2H3/b19-16-;8-7+;;. The Morgan fingerprint density at radius 3 is 1.88 bits per heavy atom. The lowest BCUT2D eigenvalue weighted by Crippen LogP contribution is -2.41. The molecular formula is C36H48BNO2. The summed E-state index contributed by atoms with van der Waals surface area (Å²) < 4.78 is 11.1. The Morgan fingerprint density at radius 1 is 0.875 bits per heavy atom. The fraction of sp³-hybridized carbons (Fsp3) is 0.306. The molecule has 40 heavy (non-hydrogen) atoms. The number of allylic oxidation sites excluding steroid dienone is 4. The molecule has 1 heterocycles. The van der Waals surface area contributed by atoms with E-state index in [-0.39, 0.29) is 18.3 Å². The molecule has 0 unspecified atom stereocenters. The van der Waals surface area contributed by atoms with Crippen LogP contribution in [-0.2, 0) is 9.31 Å². The molecular weight excluding hydrogens is 489 g/mol. The first-order valence-corrected chi connectivity index (χ1v) is 14.0. The first kappa shape index (κ1) is 34.6. The summed E-state index contributed by atoms with van der Waals surface area (Å²) >= 11 is 0. The molecule has 1 fully saturated rings. The topological polar surface area (TPSA) is 30.8 Å². The molecule has 0 radical (unpaired) electrons. The van der Waals surface area contributed by atoms with Gasteiger partial charge in [0.25, 0.3) is 0 Å². The Balaban J connectivity index is 0.000000336. The molecule has 212 valence electrons. The first-order chi connectivity index (χ1) is 19.0. The third-order valence-electron chi connectivity index (χ3n) is 6.85. The van der Waals surface area contributed by atoms with Crippen LogP contribution in [0.3, 0.4) is 0 Å². The number of rotatable bonds is 5. The Morgan fingerprint density at radius 2 is 1.43 bits per heavy atom. The van der Waals surface area contributed by atoms with Crippen molar-refractivity contribution >= 4 is 36.9 Å². The number of hydrogen-bond acceptors (Lipinski definition) is 3. The molecule has 4 rings (SSSR count). The SMILES string of the molecule is C=C/C=C(\C=C)CC.C=N/C(c1cccc2ccccc12)=c1/ccccc1=C.CB1OC(C)(C)C(C)(C)O1.CC. The summed E-state index contributed by atoms with van der Waals surface area (Å²) in [6.45, 7) is 31.3. The largest absolute Gasteiger partial charge is 0.454 e. The van der Waals surface area contributed by atoms with Crippen molar-refractivity contribution < 1.29 is 9.31 Å². The fourth-order valence-corrected chi connectivity index (χ4v) is 4.12. The first-order valence-electron chi connectivity index (χ1n) is 14.0. The molecule has 0 N–H and O–H groups in total. The van der Waals surface area contributed by atoms with Crippen molar-refractivity contribution in [2.24, 2.45) is 4.99 Å². The molecule has 3 aromatic rings. The molecule has 0 aliphatic carbocycles. The molecule has 1 aliphatic heterocycles. The molecule has 4 heteroatoms. The van der Waals surface area contributed by atoms with Gasteiger partial charge in [0.15, 0.2) is 0 Å². The van der Waals surface area contributed by atoms with Gasteiger partial charge >= 0.3 is 7.12 Å². The van der Waals surface area contributed by atoms with Crippen LogP contribution in [0.1, 0.15) is 60.5 Å². The molecule has 0 saturated carbocycles. The summed E-state index contributed by atoms with van der Waals surface area (Å²) in [5.74, 6) is 0. The van der Waals surface area contributed by atoms with Crippen molar-refractivity contribution in [3.63, 3.8) is 0 Å². The summed E-state index contributed by atoms with van der Waals surface area (Å²) in [6, 6.07) is 22.6. The van der Waals surface area contributed by atoms with E-state index in [1.165, 1.54) is 16.3 Å². The average Bonchev–Trinajstić information content (AvgIpc) is 3.14. The lowest BCUT2D eigenvalue weighted by molar-refractivity contribution is 0.00578. The van der Waals surface area contributed by atoms with Crippen molar-refractivity contribution in [1.82, 2.24) is 0 Å². The second-order valence-corrected chi connectivity index (χ2v) is 10.0. The minimum atomic E-state index is -0.160. The normalized spacial score (nSPS) is 15.7. The maximum atomic E-state index is 5.54. The predicted molar refractivity (Wildman–Crippen MR) is 179 cm³/mol. The minimum absolute atomic E-state index is 0.0648. The molecule has 0 bridgehead atoms. The van der Waals surface area contributed by atoms with Gasteiger partial charge in [0.1, 0.15) is 0 Å². The van der Waals surface area contributed by atoms with Crippen LogP contribution in [0, 0.1) is 0 Å². The number of hydrogen-bond donors (Lipinski definition) is 0. The molecule has 0 spiro atoms. The molecule has 1 aliphatic rings. The van der Waals surface area contributed by atoms with Gasteiger partial charge in [-0.2, -0.15) is 0 Å². The zero-order valence-electron chi connectivity index (χ0n) is 26.0. The quantitative estimate of drug-likeness (QED) is 0.186. The second kappa shape index (κ2) is 16.6. The Bertz CT molecular complexity index is 1380. The Hall–Kier alpha value is -3.47. The van der Waals surface area contributed by atoms with Crippen LogP contribution in [-0.4, -0.2) is 25.0 Å². The van der Waals surface area contributed by atoms with Gasteiger partial charge in [0, 0.05) is 10.8 Å². The third kappa shape index (κ3) is 9.33. The number of benzene rings is 3. The van der Waals surface area contributed by atoms with E-state index in [4.69, 9.17) is 9.31 Å². The number of fused-ring (bicyclic) bond motifs is 1. The number of aliphatic imine (C=N–C) groups is 1. The van der Waals surface area contributed by atoms with Gasteiger partial charge in [-0.1, -0.05) is 125 Å².